The molecule has 0 aromatic carbocycles. The van der Waals surface area contributed by atoms with Gasteiger partial charge in [-0.1, -0.05) is 34.1 Å². The molecule has 0 amide bonds. The molecule has 0 radical (unpaired) electrons. The molecule has 0 nitrogen and oxygen atoms in total. The Kier molecular flexibility index (Phi) is 2.20. The first kappa shape index (κ1) is 9.55. The van der Waals surface area contributed by atoms with Crippen molar-refractivity contribution < 1.29 is 0 Å². The van der Waals surface area contributed by atoms with Gasteiger partial charge in [0.2, 0.25) is 0 Å². The lowest BCUT2D eigenvalue weighted by Gasteiger charge is -2.24. The molecule has 2 fully saturated rings. The maximum absolute atomic E-state index is 2.52. The summed E-state index contributed by atoms with van der Waals surface area (Å²) in [5.41, 5.74) is 0.823. The van der Waals surface area contributed by atoms with Gasteiger partial charge in [0.25, 0.3) is 0 Å². The first-order valence-electron chi connectivity index (χ1n) is 6.12. The van der Waals surface area contributed by atoms with Gasteiger partial charge in [-0.15, -0.1) is 0 Å². The van der Waals surface area contributed by atoms with E-state index in [4.69, 9.17) is 0 Å². The third-order valence-corrected chi connectivity index (χ3v) is 5.12. The molecule has 13 heavy (non-hydrogen) atoms. The second kappa shape index (κ2) is 3.00. The Hall–Kier alpha value is 0. The summed E-state index contributed by atoms with van der Waals surface area (Å²) in [5.74, 6) is 4.03. The van der Waals surface area contributed by atoms with Crippen LogP contribution >= 0.6 is 0 Å². The average Bonchev–Trinajstić information content (AvgIpc) is 2.69. The normalized spacial score (nSPS) is 49.2. The zero-order chi connectivity index (χ0) is 9.64. The summed E-state index contributed by atoms with van der Waals surface area (Å²) in [6.07, 6.45) is 6.02. The Morgan fingerprint density at radius 2 is 2.08 bits per heavy atom. The van der Waals surface area contributed by atoms with E-state index >= 15 is 0 Å². The van der Waals surface area contributed by atoms with Gasteiger partial charge in [-0.2, -0.15) is 0 Å². The van der Waals surface area contributed by atoms with Crippen LogP contribution in [0.25, 0.3) is 0 Å². The third kappa shape index (κ3) is 1.25. The number of hydrogen-bond acceptors (Lipinski definition) is 0. The average molecular weight is 180 g/mol. The molecule has 2 aliphatic rings. The van der Waals surface area contributed by atoms with Gasteiger partial charge in [0.05, 0.1) is 0 Å². The predicted molar refractivity (Wildman–Crippen MR) is 57.6 cm³/mol. The SMILES string of the molecule is CCC1CC12CCC(C(C)C)C2C. The van der Waals surface area contributed by atoms with Crippen LogP contribution in [-0.2, 0) is 0 Å². The summed E-state index contributed by atoms with van der Waals surface area (Å²) in [7, 11) is 0. The molecule has 0 aromatic rings. The molecule has 76 valence electrons. The highest BCUT2D eigenvalue weighted by Crippen LogP contribution is 2.69. The molecular weight excluding hydrogens is 156 g/mol. The molecule has 1 spiro atoms. The lowest BCUT2D eigenvalue weighted by atomic mass is 9.81. The Morgan fingerprint density at radius 1 is 1.38 bits per heavy atom. The standard InChI is InChI=1S/C13H24/c1-5-11-8-13(11)7-6-12(9(2)3)10(13)4/h9-12H,5-8H2,1-4H3. The second-order valence-corrected chi connectivity index (χ2v) is 5.78. The van der Waals surface area contributed by atoms with Crippen LogP contribution in [0, 0.1) is 29.1 Å². The van der Waals surface area contributed by atoms with Crippen LogP contribution in [0.5, 0.6) is 0 Å². The van der Waals surface area contributed by atoms with E-state index in [1.54, 1.807) is 6.42 Å². The van der Waals surface area contributed by atoms with Crippen LogP contribution < -0.4 is 0 Å². The van der Waals surface area contributed by atoms with Crippen LogP contribution in [0.4, 0.5) is 0 Å². The van der Waals surface area contributed by atoms with Gasteiger partial charge in [-0.25, -0.2) is 0 Å². The van der Waals surface area contributed by atoms with Crippen molar-refractivity contribution in [3.8, 4) is 0 Å². The smallest absolute Gasteiger partial charge is 0.0238 e. The van der Waals surface area contributed by atoms with E-state index in [9.17, 15) is 0 Å². The van der Waals surface area contributed by atoms with Crippen LogP contribution in [0.15, 0.2) is 0 Å². The van der Waals surface area contributed by atoms with Crippen molar-refractivity contribution in [1.29, 1.82) is 0 Å². The van der Waals surface area contributed by atoms with Crippen molar-refractivity contribution in [2.45, 2.75) is 53.4 Å². The van der Waals surface area contributed by atoms with Gasteiger partial charge in [0.1, 0.15) is 0 Å². The highest BCUT2D eigenvalue weighted by Gasteiger charge is 2.60. The van der Waals surface area contributed by atoms with Crippen LogP contribution in [-0.4, -0.2) is 0 Å². The largest absolute Gasteiger partial charge is 0.0651 e. The minimum atomic E-state index is 0.823. The molecule has 0 aromatic heterocycles. The van der Waals surface area contributed by atoms with E-state index in [1.807, 2.05) is 0 Å². The van der Waals surface area contributed by atoms with Crippen molar-refractivity contribution in [3.05, 3.63) is 0 Å². The minimum absolute atomic E-state index is 0.823. The summed E-state index contributed by atoms with van der Waals surface area (Å²) >= 11 is 0. The quantitative estimate of drug-likeness (QED) is 0.600. The summed E-state index contributed by atoms with van der Waals surface area (Å²) in [6.45, 7) is 9.70. The fourth-order valence-corrected chi connectivity index (χ4v) is 4.06. The molecule has 2 aliphatic carbocycles. The van der Waals surface area contributed by atoms with Crippen molar-refractivity contribution in [3.63, 3.8) is 0 Å². The van der Waals surface area contributed by atoms with Gasteiger partial charge in [0, 0.05) is 0 Å². The van der Waals surface area contributed by atoms with Gasteiger partial charge >= 0.3 is 0 Å². The predicted octanol–water partition coefficient (Wildman–Crippen LogP) is 4.10. The fraction of sp³-hybridized carbons (Fsp3) is 1.00. The van der Waals surface area contributed by atoms with E-state index in [2.05, 4.69) is 27.7 Å². The number of rotatable bonds is 2. The van der Waals surface area contributed by atoms with E-state index < -0.39 is 0 Å². The van der Waals surface area contributed by atoms with Crippen LogP contribution in [0.3, 0.4) is 0 Å². The summed E-state index contributed by atoms with van der Waals surface area (Å²) in [4.78, 5) is 0. The lowest BCUT2D eigenvalue weighted by Crippen LogP contribution is -2.18. The maximum atomic E-state index is 2.52. The van der Waals surface area contributed by atoms with E-state index in [0.29, 0.717) is 0 Å². The van der Waals surface area contributed by atoms with Crippen LogP contribution in [0.1, 0.15) is 53.4 Å². The van der Waals surface area contributed by atoms with Crippen molar-refractivity contribution in [2.75, 3.05) is 0 Å². The van der Waals surface area contributed by atoms with Crippen molar-refractivity contribution in [1.82, 2.24) is 0 Å². The van der Waals surface area contributed by atoms with Gasteiger partial charge in [0.15, 0.2) is 0 Å². The van der Waals surface area contributed by atoms with Crippen LogP contribution in [0.2, 0.25) is 0 Å². The molecule has 0 saturated heterocycles. The molecule has 0 N–H and O–H groups in total. The van der Waals surface area contributed by atoms with Gasteiger partial charge in [-0.05, 0) is 48.3 Å². The summed E-state index contributed by atoms with van der Waals surface area (Å²) < 4.78 is 0. The second-order valence-electron chi connectivity index (χ2n) is 5.78. The highest BCUT2D eigenvalue weighted by atomic mass is 14.6. The lowest BCUT2D eigenvalue weighted by molar-refractivity contribution is 0.245. The zero-order valence-corrected chi connectivity index (χ0v) is 9.64. The highest BCUT2D eigenvalue weighted by molar-refractivity contribution is 5.09. The first-order chi connectivity index (χ1) is 6.12. The molecule has 2 rings (SSSR count). The molecular formula is C13H24. The summed E-state index contributed by atoms with van der Waals surface area (Å²) in [6, 6.07) is 0. The van der Waals surface area contributed by atoms with Gasteiger partial charge in [-0.3, -0.25) is 0 Å². The fourth-order valence-electron chi connectivity index (χ4n) is 4.06. The molecule has 0 heterocycles. The molecule has 0 heteroatoms. The number of hydrogen-bond donors (Lipinski definition) is 0. The van der Waals surface area contributed by atoms with Crippen molar-refractivity contribution >= 4 is 0 Å². The Balaban J connectivity index is 2.04. The molecule has 0 aliphatic heterocycles. The van der Waals surface area contributed by atoms with Crippen molar-refractivity contribution in [2.24, 2.45) is 29.1 Å². The van der Waals surface area contributed by atoms with E-state index in [1.165, 1.54) is 19.3 Å². The molecule has 2 saturated carbocycles. The molecule has 4 unspecified atom stereocenters. The monoisotopic (exact) mass is 180 g/mol. The topological polar surface area (TPSA) is 0 Å². The zero-order valence-electron chi connectivity index (χ0n) is 9.64. The maximum Gasteiger partial charge on any atom is -0.0238 e. The van der Waals surface area contributed by atoms with Gasteiger partial charge < -0.3 is 0 Å². The van der Waals surface area contributed by atoms with E-state index in [-0.39, 0.29) is 0 Å². The Morgan fingerprint density at radius 3 is 2.46 bits per heavy atom. The Bertz CT molecular complexity index is 194. The van der Waals surface area contributed by atoms with E-state index in [0.717, 1.165) is 29.1 Å². The molecule has 4 atom stereocenters. The minimum Gasteiger partial charge on any atom is -0.0651 e. The Labute approximate surface area is 83.1 Å². The third-order valence-electron chi connectivity index (χ3n) is 5.12. The summed E-state index contributed by atoms with van der Waals surface area (Å²) in [5, 5.41) is 0. The molecule has 0 bridgehead atoms. The first-order valence-corrected chi connectivity index (χ1v) is 6.12.